The van der Waals surface area contributed by atoms with Gasteiger partial charge in [-0.05, 0) is 24.0 Å². The highest BCUT2D eigenvalue weighted by Crippen LogP contribution is 2.04. The summed E-state index contributed by atoms with van der Waals surface area (Å²) in [5, 5.41) is 16.9. The second-order valence-corrected chi connectivity index (χ2v) is 3.72. The zero-order valence-corrected chi connectivity index (χ0v) is 9.75. The number of amides is 1. The van der Waals surface area contributed by atoms with E-state index >= 15 is 0 Å². The van der Waals surface area contributed by atoms with Crippen molar-refractivity contribution < 1.29 is 4.79 Å². The van der Waals surface area contributed by atoms with Gasteiger partial charge < -0.3 is 5.32 Å². The fourth-order valence-electron chi connectivity index (χ4n) is 1.01. The molecule has 5 nitrogen and oxygen atoms in total. The highest BCUT2D eigenvalue weighted by Gasteiger charge is 2.08. The first-order valence-corrected chi connectivity index (χ1v) is 5.78. The van der Waals surface area contributed by atoms with Gasteiger partial charge in [-0.3, -0.25) is 4.79 Å². The number of nitriles is 1. The number of unbranched alkanes of at least 4 members (excludes halogenated alkanes) is 1. The third kappa shape index (κ3) is 3.79. The van der Waals surface area contributed by atoms with Crippen molar-refractivity contribution in [3.05, 3.63) is 16.6 Å². The van der Waals surface area contributed by atoms with Crippen molar-refractivity contribution in [3.63, 3.8) is 0 Å². The molecule has 0 fully saturated rings. The molecule has 0 aliphatic carbocycles. The Hall–Kier alpha value is -1.74. The molecule has 0 aliphatic heterocycles. The van der Waals surface area contributed by atoms with Crippen LogP contribution in [0, 0.1) is 11.3 Å². The number of rotatable bonds is 5. The molecule has 0 bridgehead atoms. The summed E-state index contributed by atoms with van der Waals surface area (Å²) >= 11 is 1.18. The largest absolute Gasteiger partial charge is 0.351 e. The summed E-state index contributed by atoms with van der Waals surface area (Å²) in [7, 11) is 0. The van der Waals surface area contributed by atoms with E-state index in [-0.39, 0.29) is 11.5 Å². The van der Waals surface area contributed by atoms with Gasteiger partial charge in [0.15, 0.2) is 0 Å². The molecule has 0 aliphatic rings. The first-order valence-electron chi connectivity index (χ1n) is 4.95. The van der Waals surface area contributed by atoms with Gasteiger partial charge in [0.05, 0.1) is 5.69 Å². The van der Waals surface area contributed by atoms with E-state index in [0.717, 1.165) is 12.8 Å². The minimum absolute atomic E-state index is 0.0591. The van der Waals surface area contributed by atoms with E-state index in [4.69, 9.17) is 5.26 Å². The zero-order valence-electron chi connectivity index (χ0n) is 8.93. The van der Waals surface area contributed by atoms with Gasteiger partial charge in [-0.2, -0.15) is 5.26 Å². The molecule has 84 valence electrons. The molecule has 0 atom stereocenters. The quantitative estimate of drug-likeness (QED) is 0.475. The minimum atomic E-state index is -0.357. The number of nitrogens with one attached hydrogen (secondary N) is 1. The van der Waals surface area contributed by atoms with E-state index in [2.05, 4.69) is 14.9 Å². The van der Waals surface area contributed by atoms with Crippen LogP contribution in [0.15, 0.2) is 11.0 Å². The molecule has 0 aromatic carbocycles. The number of hydrogen-bond donors (Lipinski definition) is 1. The van der Waals surface area contributed by atoms with Crippen LogP contribution in [-0.2, 0) is 4.79 Å². The average Bonchev–Trinajstić information content (AvgIpc) is 2.78. The smallest absolute Gasteiger partial charge is 0.262 e. The molecule has 0 radical (unpaired) electrons. The van der Waals surface area contributed by atoms with Crippen LogP contribution in [0.25, 0.3) is 6.08 Å². The fraction of sp³-hybridized carbons (Fsp3) is 0.400. The van der Waals surface area contributed by atoms with E-state index in [1.165, 1.54) is 17.6 Å². The van der Waals surface area contributed by atoms with Crippen LogP contribution in [0.1, 0.15) is 25.5 Å². The standard InChI is InChI=1S/C10H12N4OS/c1-2-3-4-12-10(15)8(6-11)5-9-7-16-14-13-9/h5,7H,2-4H2,1H3,(H,12,15)/b8-5+. The van der Waals surface area contributed by atoms with Crippen LogP contribution in [0.3, 0.4) is 0 Å². The van der Waals surface area contributed by atoms with Gasteiger partial charge in [0.1, 0.15) is 11.6 Å². The summed E-state index contributed by atoms with van der Waals surface area (Å²) in [6.07, 6.45) is 3.34. The second kappa shape index (κ2) is 6.69. The normalized spacial score (nSPS) is 10.9. The molecule has 1 rings (SSSR count). The number of aromatic nitrogens is 2. The van der Waals surface area contributed by atoms with Crippen molar-refractivity contribution in [2.75, 3.05) is 6.54 Å². The van der Waals surface area contributed by atoms with Crippen molar-refractivity contribution in [2.45, 2.75) is 19.8 Å². The Labute approximate surface area is 98.0 Å². The van der Waals surface area contributed by atoms with E-state index in [0.29, 0.717) is 12.2 Å². The Morgan fingerprint density at radius 1 is 1.75 bits per heavy atom. The molecule has 0 saturated carbocycles. The molecule has 1 N–H and O–H groups in total. The average molecular weight is 236 g/mol. The Kier molecular flexibility index (Phi) is 5.16. The number of nitrogens with zero attached hydrogens (tertiary/aromatic N) is 3. The predicted molar refractivity (Wildman–Crippen MR) is 61.4 cm³/mol. The summed E-state index contributed by atoms with van der Waals surface area (Å²) < 4.78 is 3.65. The van der Waals surface area contributed by atoms with Crippen molar-refractivity contribution in [3.8, 4) is 6.07 Å². The van der Waals surface area contributed by atoms with Crippen molar-refractivity contribution in [2.24, 2.45) is 0 Å². The number of carbonyl (C=O) groups is 1. The maximum Gasteiger partial charge on any atom is 0.262 e. The van der Waals surface area contributed by atoms with Gasteiger partial charge >= 0.3 is 0 Å². The van der Waals surface area contributed by atoms with Crippen LogP contribution >= 0.6 is 11.5 Å². The van der Waals surface area contributed by atoms with Gasteiger partial charge in [-0.15, -0.1) is 5.10 Å². The second-order valence-electron chi connectivity index (χ2n) is 3.11. The monoisotopic (exact) mass is 236 g/mol. The van der Waals surface area contributed by atoms with Crippen LogP contribution < -0.4 is 5.32 Å². The lowest BCUT2D eigenvalue weighted by molar-refractivity contribution is -0.117. The SMILES string of the molecule is CCCCNC(=O)/C(C#N)=C/c1csnn1. The molecule has 6 heteroatoms. The summed E-state index contributed by atoms with van der Waals surface area (Å²) in [6, 6.07) is 1.85. The molecule has 1 amide bonds. The molecule has 16 heavy (non-hydrogen) atoms. The molecule has 0 spiro atoms. The summed E-state index contributed by atoms with van der Waals surface area (Å²) in [4.78, 5) is 11.5. The summed E-state index contributed by atoms with van der Waals surface area (Å²) in [5.74, 6) is -0.357. The van der Waals surface area contributed by atoms with Crippen LogP contribution in [0.5, 0.6) is 0 Å². The molecular weight excluding hydrogens is 224 g/mol. The number of hydrogen-bond acceptors (Lipinski definition) is 5. The molecule has 1 aromatic heterocycles. The molecule has 0 saturated heterocycles. The Balaban J connectivity index is 2.61. The lowest BCUT2D eigenvalue weighted by atomic mass is 10.2. The lowest BCUT2D eigenvalue weighted by Crippen LogP contribution is -2.25. The predicted octanol–water partition coefficient (Wildman–Crippen LogP) is 1.36. The van der Waals surface area contributed by atoms with Crippen LogP contribution in [-0.4, -0.2) is 22.0 Å². The highest BCUT2D eigenvalue weighted by molar-refractivity contribution is 7.03. The first kappa shape index (κ1) is 12.3. The van der Waals surface area contributed by atoms with Crippen molar-refractivity contribution in [1.29, 1.82) is 5.26 Å². The highest BCUT2D eigenvalue weighted by atomic mass is 32.1. The Morgan fingerprint density at radius 3 is 3.12 bits per heavy atom. The maximum atomic E-state index is 11.5. The van der Waals surface area contributed by atoms with E-state index in [1.54, 1.807) is 5.38 Å². The van der Waals surface area contributed by atoms with Crippen LogP contribution in [0.4, 0.5) is 0 Å². The van der Waals surface area contributed by atoms with Gasteiger partial charge in [0.25, 0.3) is 5.91 Å². The third-order valence-electron chi connectivity index (χ3n) is 1.85. The zero-order chi connectivity index (χ0) is 11.8. The maximum absolute atomic E-state index is 11.5. The minimum Gasteiger partial charge on any atom is -0.351 e. The first-order chi connectivity index (χ1) is 7.77. The van der Waals surface area contributed by atoms with E-state index in [1.807, 2.05) is 13.0 Å². The van der Waals surface area contributed by atoms with E-state index < -0.39 is 0 Å². The van der Waals surface area contributed by atoms with Gasteiger partial charge in [-0.1, -0.05) is 17.8 Å². The molecule has 1 aromatic rings. The topological polar surface area (TPSA) is 78.7 Å². The lowest BCUT2D eigenvalue weighted by Gasteiger charge is -2.01. The summed E-state index contributed by atoms with van der Waals surface area (Å²) in [6.45, 7) is 2.62. The summed E-state index contributed by atoms with van der Waals surface area (Å²) in [5.41, 5.74) is 0.594. The van der Waals surface area contributed by atoms with Gasteiger partial charge in [0, 0.05) is 11.9 Å². The number of carbonyl (C=O) groups excluding carboxylic acids is 1. The third-order valence-corrected chi connectivity index (χ3v) is 2.37. The Bertz CT molecular complexity index is 405. The van der Waals surface area contributed by atoms with Gasteiger partial charge in [-0.25, -0.2) is 0 Å². The fourth-order valence-corrected chi connectivity index (χ4v) is 1.42. The molecular formula is C10H12N4OS. The van der Waals surface area contributed by atoms with E-state index in [9.17, 15) is 4.79 Å². The Morgan fingerprint density at radius 2 is 2.56 bits per heavy atom. The van der Waals surface area contributed by atoms with Crippen molar-refractivity contribution in [1.82, 2.24) is 14.9 Å². The molecule has 0 unspecified atom stereocenters. The van der Waals surface area contributed by atoms with Gasteiger partial charge in [0.2, 0.25) is 0 Å². The van der Waals surface area contributed by atoms with Crippen LogP contribution in [0.2, 0.25) is 0 Å². The van der Waals surface area contributed by atoms with Crippen molar-refractivity contribution >= 4 is 23.5 Å². The molecule has 1 heterocycles.